The van der Waals surface area contributed by atoms with E-state index in [1.54, 1.807) is 18.3 Å². The number of pyridine rings is 1. The Morgan fingerprint density at radius 3 is 1.79 bits per heavy atom. The van der Waals surface area contributed by atoms with Gasteiger partial charge < -0.3 is 5.11 Å². The van der Waals surface area contributed by atoms with Crippen molar-refractivity contribution < 1.29 is 34.4 Å². The van der Waals surface area contributed by atoms with Gasteiger partial charge in [0.1, 0.15) is 11.6 Å². The summed E-state index contributed by atoms with van der Waals surface area (Å²) in [5.41, 5.74) is 13.6. The molecule has 0 spiro atoms. The number of rotatable bonds is 7. The number of benzene rings is 7. The molecule has 0 bridgehead atoms. The average Bonchev–Trinajstić information content (AvgIpc) is 3.74. The van der Waals surface area contributed by atoms with E-state index in [-0.39, 0.29) is 48.8 Å². The summed E-state index contributed by atoms with van der Waals surface area (Å²) in [6, 6.07) is 51.7. The number of para-hydroxylation sites is 1. The summed E-state index contributed by atoms with van der Waals surface area (Å²) in [5, 5.41) is 12.8. The molecule has 9 aromatic rings. The van der Waals surface area contributed by atoms with Crippen molar-refractivity contribution in [3.05, 3.63) is 191 Å². The Morgan fingerprint density at radius 1 is 0.507 bits per heavy atom. The van der Waals surface area contributed by atoms with E-state index in [9.17, 15) is 5.11 Å². The number of aromatic nitrogens is 3. The van der Waals surface area contributed by atoms with Crippen LogP contribution in [0.2, 0.25) is 0 Å². The summed E-state index contributed by atoms with van der Waals surface area (Å²) >= 11 is 0. The first kappa shape index (κ1) is 43.4. The first-order valence-electron chi connectivity index (χ1n) is 27.3. The molecule has 2 aromatic heterocycles. The first-order valence-corrected chi connectivity index (χ1v) is 24.3. The zero-order chi connectivity index (χ0) is 55.1. The van der Waals surface area contributed by atoms with E-state index in [4.69, 9.17) is 18.2 Å². The molecule has 71 heavy (non-hydrogen) atoms. The summed E-state index contributed by atoms with van der Waals surface area (Å²) in [6.45, 7) is 20.8. The van der Waals surface area contributed by atoms with Crippen molar-refractivity contribution in [1.82, 2.24) is 14.5 Å². The van der Waals surface area contributed by atoms with Gasteiger partial charge >= 0.3 is 0 Å². The Morgan fingerprint density at radius 2 is 1.15 bits per heavy atom. The van der Waals surface area contributed by atoms with Crippen molar-refractivity contribution >= 4 is 11.0 Å². The van der Waals surface area contributed by atoms with Gasteiger partial charge in [-0.3, -0.25) is 9.55 Å². The van der Waals surface area contributed by atoms with Crippen LogP contribution < -0.4 is 0 Å². The predicted octanol–water partition coefficient (Wildman–Crippen LogP) is 17.7. The topological polar surface area (TPSA) is 50.9 Å². The quantitative estimate of drug-likeness (QED) is 0.162. The second kappa shape index (κ2) is 19.0. The molecule has 9 rings (SSSR count). The van der Waals surface area contributed by atoms with Crippen LogP contribution in [0, 0.1) is 19.8 Å². The number of aromatic hydroxyl groups is 1. The summed E-state index contributed by atoms with van der Waals surface area (Å²) in [7, 11) is 0. The van der Waals surface area contributed by atoms with Crippen molar-refractivity contribution in [2.45, 2.75) is 118 Å². The van der Waals surface area contributed by atoms with Crippen LogP contribution in [0.25, 0.3) is 83.9 Å². The Bertz CT molecular complexity index is 3640. The van der Waals surface area contributed by atoms with E-state index < -0.39 is 24.5 Å². The predicted molar refractivity (Wildman–Crippen MR) is 296 cm³/mol. The van der Waals surface area contributed by atoms with Gasteiger partial charge in [0.15, 0.2) is 0 Å². The molecule has 0 radical (unpaired) electrons. The molecule has 364 valence electrons. The molecule has 0 fully saturated rings. The summed E-state index contributed by atoms with van der Waals surface area (Å²) in [4.78, 5) is 10.5. The number of nitrogens with zero attached hydrogens (tertiary/aromatic N) is 3. The van der Waals surface area contributed by atoms with Crippen molar-refractivity contribution in [3.63, 3.8) is 0 Å². The molecule has 4 nitrogen and oxygen atoms in total. The third kappa shape index (κ3) is 10.2. The van der Waals surface area contributed by atoms with Crippen molar-refractivity contribution in [2.75, 3.05) is 0 Å². The zero-order valence-electron chi connectivity index (χ0n) is 49.0. The summed E-state index contributed by atoms with van der Waals surface area (Å²) in [5.74, 6) is 0.568. The average molecular weight is 1120 g/mol. The maximum absolute atomic E-state index is 12.8. The fourth-order valence-electron chi connectivity index (χ4n) is 9.40. The maximum atomic E-state index is 12.8. The Labute approximate surface area is 446 Å². The molecule has 0 saturated carbocycles. The summed E-state index contributed by atoms with van der Waals surface area (Å²) in [6.07, 6.45) is 1.76. The van der Waals surface area contributed by atoms with Crippen LogP contribution in [-0.2, 0) is 42.7 Å². The van der Waals surface area contributed by atoms with Crippen LogP contribution in [0.5, 0.6) is 5.75 Å². The Hall–Kier alpha value is -6.35. The maximum Gasteiger partial charge on any atom is 0.148 e. The van der Waals surface area contributed by atoms with Gasteiger partial charge in [0.25, 0.3) is 0 Å². The number of aryl methyl sites for hydroxylation is 2. The Kier molecular flexibility index (Phi) is 11.6. The molecule has 0 aliphatic rings. The van der Waals surface area contributed by atoms with Gasteiger partial charge in [0.05, 0.1) is 22.3 Å². The van der Waals surface area contributed by atoms with E-state index in [2.05, 4.69) is 154 Å². The standard InChI is InChI=1S/C66H68N3O.Pt/c1-41-23-25-44(26-24-41)46-31-32-67-57(37-46)49-35-47(43-19-16-15-17-20-43)34-48(36-49)52-21-18-22-58-60(52)68-62(54-38-51(64(6,7)8)39-56(61(54)70)66(12,13)14)69(58)59-33-42(2)55(65(9,10)11)40-53(59)45-27-29-50(30-28-45)63(3,4)5;/h15-35,37-40,70H,1-14H3;/q-1;/i1D3,2D3;. The number of hydrogen-bond acceptors (Lipinski definition) is 3. The molecule has 0 saturated heterocycles. The van der Waals surface area contributed by atoms with Crippen molar-refractivity contribution in [1.29, 1.82) is 0 Å². The largest absolute Gasteiger partial charge is 0.507 e. The molecule has 1 N–H and O–H groups in total. The normalized spacial score (nSPS) is 13.9. The van der Waals surface area contributed by atoms with Crippen LogP contribution in [-0.4, -0.2) is 19.6 Å². The molecule has 7 aromatic carbocycles. The molecule has 0 aliphatic carbocycles. The first-order chi connectivity index (χ1) is 35.4. The van der Waals surface area contributed by atoms with Crippen LogP contribution in [0.1, 0.15) is 125 Å². The minimum Gasteiger partial charge on any atom is -0.507 e. The van der Waals surface area contributed by atoms with Gasteiger partial charge in [-0.25, -0.2) is 4.98 Å². The van der Waals surface area contributed by atoms with E-state index in [1.807, 2.05) is 72.8 Å². The number of fused-ring (bicyclic) bond motifs is 1. The molecule has 0 unspecified atom stereocenters. The minimum absolute atomic E-state index is 0. The number of phenolic OH excluding ortho intramolecular Hbond substituents is 1. The third-order valence-electron chi connectivity index (χ3n) is 13.5. The molecule has 0 amide bonds. The Balaban J connectivity index is 0.00000784. The number of phenols is 1. The smallest absolute Gasteiger partial charge is 0.148 e. The second-order valence-corrected chi connectivity index (χ2v) is 22.9. The number of imidazole rings is 1. The van der Waals surface area contributed by atoms with Gasteiger partial charge in [-0.1, -0.05) is 208 Å². The zero-order valence-corrected chi connectivity index (χ0v) is 45.3. The van der Waals surface area contributed by atoms with Crippen molar-refractivity contribution in [3.8, 4) is 78.6 Å². The SMILES string of the molecule is [2H]C([2H])([2H])c1ccc(-c2ccnc(-c3[c-]c(-c4cccc5c4nc(-c4cc(C(C)(C)C)cc(C(C)(C)C)c4O)n5-c4cc(C([2H])([2H])[2H])c(C(C)(C)C)cc4-c4ccc(C(C)(C)C)cc4)cc(-c4ccccc4)c3)c2)cc1.[Pt]. The molecular weight excluding hydrogens is 1050 g/mol. The minimum atomic E-state index is -2.48. The van der Waals surface area contributed by atoms with Crippen LogP contribution in [0.3, 0.4) is 0 Å². The summed E-state index contributed by atoms with van der Waals surface area (Å²) < 4.78 is 53.0. The number of hydrogen-bond donors (Lipinski definition) is 1. The van der Waals surface area contributed by atoms with Crippen LogP contribution in [0.4, 0.5) is 0 Å². The van der Waals surface area contributed by atoms with Gasteiger partial charge in [0.2, 0.25) is 0 Å². The van der Waals surface area contributed by atoms with Crippen LogP contribution in [0.15, 0.2) is 152 Å². The molecule has 0 atom stereocenters. The molecule has 2 heterocycles. The van der Waals surface area contributed by atoms with Crippen LogP contribution >= 0.6 is 0 Å². The van der Waals surface area contributed by atoms with Gasteiger partial charge in [-0.2, -0.15) is 0 Å². The third-order valence-corrected chi connectivity index (χ3v) is 13.5. The monoisotopic (exact) mass is 1120 g/mol. The van der Waals surface area contributed by atoms with E-state index >= 15 is 0 Å². The van der Waals surface area contributed by atoms with Gasteiger partial charge in [-0.05, 0) is 110 Å². The fourth-order valence-corrected chi connectivity index (χ4v) is 9.40. The van der Waals surface area contributed by atoms with Crippen molar-refractivity contribution in [2.24, 2.45) is 0 Å². The van der Waals surface area contributed by atoms with Gasteiger partial charge in [-0.15, -0.1) is 23.8 Å². The van der Waals surface area contributed by atoms with E-state index in [1.165, 1.54) is 5.56 Å². The molecular formula is C66H68N3OPt-. The molecule has 0 aliphatic heterocycles. The van der Waals surface area contributed by atoms with Gasteiger partial charge in [0, 0.05) is 52.3 Å². The second-order valence-electron chi connectivity index (χ2n) is 22.9. The molecule has 5 heteroatoms. The fraction of sp³-hybridized carbons (Fsp3) is 0.273. The van der Waals surface area contributed by atoms with E-state index in [0.29, 0.717) is 33.8 Å². The van der Waals surface area contributed by atoms with E-state index in [0.717, 1.165) is 66.8 Å².